The van der Waals surface area contributed by atoms with E-state index in [9.17, 15) is 0 Å². The van der Waals surface area contributed by atoms with E-state index in [0.717, 1.165) is 16.8 Å². The Bertz CT molecular complexity index is 564. The molecule has 102 valence electrons. The topological polar surface area (TPSA) is 43.6 Å². The minimum absolute atomic E-state index is 0.319. The van der Waals surface area contributed by atoms with Gasteiger partial charge in [-0.2, -0.15) is 5.10 Å². The Hall–Kier alpha value is -1.42. The molecular weight excluding hydrogens is 260 g/mol. The van der Waals surface area contributed by atoms with E-state index in [1.807, 2.05) is 17.8 Å². The normalized spacial score (nSPS) is 11.6. The third-order valence-corrected chi connectivity index (χ3v) is 3.34. The Balaban J connectivity index is 2.46. The summed E-state index contributed by atoms with van der Waals surface area (Å²) in [5.74, 6) is 0.957. The maximum atomic E-state index is 6.27. The predicted octanol–water partition coefficient (Wildman–Crippen LogP) is 4.01. The molecule has 0 fully saturated rings. The van der Waals surface area contributed by atoms with Crippen molar-refractivity contribution in [3.63, 3.8) is 0 Å². The van der Waals surface area contributed by atoms with Crippen molar-refractivity contribution in [1.29, 1.82) is 0 Å². The van der Waals surface area contributed by atoms with Crippen molar-refractivity contribution in [3.05, 3.63) is 28.8 Å². The first-order valence-electron chi connectivity index (χ1n) is 6.48. The van der Waals surface area contributed by atoms with Crippen molar-refractivity contribution < 1.29 is 0 Å². The molecule has 0 saturated heterocycles. The summed E-state index contributed by atoms with van der Waals surface area (Å²) in [5, 5.41) is 4.84. The van der Waals surface area contributed by atoms with Crippen LogP contribution in [0.5, 0.6) is 0 Å². The summed E-state index contributed by atoms with van der Waals surface area (Å²) >= 11 is 6.27. The molecule has 0 saturated carbocycles. The number of rotatable bonds is 3. The molecule has 0 aliphatic rings. The summed E-state index contributed by atoms with van der Waals surface area (Å²) in [6, 6.07) is 0.320. The van der Waals surface area contributed by atoms with Crippen LogP contribution < -0.4 is 0 Å². The van der Waals surface area contributed by atoms with Gasteiger partial charge in [-0.05, 0) is 26.7 Å². The highest BCUT2D eigenvalue weighted by atomic mass is 35.5. The van der Waals surface area contributed by atoms with Gasteiger partial charge in [0.15, 0.2) is 5.82 Å². The third kappa shape index (κ3) is 2.78. The van der Waals surface area contributed by atoms with Crippen LogP contribution in [0, 0.1) is 6.92 Å². The van der Waals surface area contributed by atoms with Gasteiger partial charge in [0.05, 0.1) is 11.8 Å². The maximum Gasteiger partial charge on any atom is 0.164 e. The van der Waals surface area contributed by atoms with E-state index in [1.165, 1.54) is 0 Å². The predicted molar refractivity (Wildman–Crippen MR) is 77.5 cm³/mol. The van der Waals surface area contributed by atoms with Crippen LogP contribution >= 0.6 is 11.6 Å². The van der Waals surface area contributed by atoms with Crippen molar-refractivity contribution in [1.82, 2.24) is 19.7 Å². The number of hydrogen-bond acceptors (Lipinski definition) is 3. The molecule has 2 heterocycles. The van der Waals surface area contributed by atoms with Gasteiger partial charge >= 0.3 is 0 Å². The Morgan fingerprint density at radius 1 is 1.16 bits per heavy atom. The largest absolute Gasteiger partial charge is 0.270 e. The summed E-state index contributed by atoms with van der Waals surface area (Å²) in [5.41, 5.74) is 2.85. The van der Waals surface area contributed by atoms with E-state index in [1.54, 1.807) is 6.20 Å². The molecule has 0 aromatic carbocycles. The van der Waals surface area contributed by atoms with Gasteiger partial charge < -0.3 is 0 Å². The van der Waals surface area contributed by atoms with Crippen molar-refractivity contribution in [3.8, 4) is 11.4 Å². The SMILES string of the molecule is Cc1nc(-c2cnn(C(C)C)c2)nc(Cl)c1C(C)C. The van der Waals surface area contributed by atoms with E-state index >= 15 is 0 Å². The highest BCUT2D eigenvalue weighted by Gasteiger charge is 2.15. The molecule has 0 atom stereocenters. The van der Waals surface area contributed by atoms with E-state index in [0.29, 0.717) is 22.9 Å². The molecule has 0 N–H and O–H groups in total. The second kappa shape index (κ2) is 5.29. The van der Waals surface area contributed by atoms with Crippen LogP contribution in [0.1, 0.15) is 50.9 Å². The fraction of sp³-hybridized carbons (Fsp3) is 0.500. The smallest absolute Gasteiger partial charge is 0.164 e. The molecule has 0 aliphatic heterocycles. The van der Waals surface area contributed by atoms with E-state index in [-0.39, 0.29) is 0 Å². The third-order valence-electron chi connectivity index (χ3n) is 3.06. The van der Waals surface area contributed by atoms with Crippen LogP contribution in [0.25, 0.3) is 11.4 Å². The van der Waals surface area contributed by atoms with Crippen molar-refractivity contribution >= 4 is 11.6 Å². The quantitative estimate of drug-likeness (QED) is 0.797. The minimum atomic E-state index is 0.319. The average Bonchev–Trinajstić information content (AvgIpc) is 2.76. The first-order valence-corrected chi connectivity index (χ1v) is 6.86. The number of aromatic nitrogens is 4. The monoisotopic (exact) mass is 278 g/mol. The second-order valence-corrected chi connectivity index (χ2v) is 5.65. The molecule has 0 radical (unpaired) electrons. The van der Waals surface area contributed by atoms with Crippen LogP contribution in [0.15, 0.2) is 12.4 Å². The lowest BCUT2D eigenvalue weighted by Crippen LogP contribution is -2.02. The molecule has 0 amide bonds. The molecule has 2 aromatic rings. The Morgan fingerprint density at radius 2 is 1.84 bits per heavy atom. The van der Waals surface area contributed by atoms with Gasteiger partial charge in [-0.3, -0.25) is 4.68 Å². The van der Waals surface area contributed by atoms with Gasteiger partial charge in [0.1, 0.15) is 5.15 Å². The van der Waals surface area contributed by atoms with Crippen LogP contribution in [0.2, 0.25) is 5.15 Å². The fourth-order valence-electron chi connectivity index (χ4n) is 2.07. The zero-order chi connectivity index (χ0) is 14.2. The van der Waals surface area contributed by atoms with Crippen molar-refractivity contribution in [2.75, 3.05) is 0 Å². The van der Waals surface area contributed by atoms with Gasteiger partial charge in [-0.15, -0.1) is 0 Å². The van der Waals surface area contributed by atoms with Gasteiger partial charge in [0, 0.05) is 23.5 Å². The number of aryl methyl sites for hydroxylation is 1. The first-order chi connectivity index (χ1) is 8.90. The van der Waals surface area contributed by atoms with Crippen molar-refractivity contribution in [2.45, 2.75) is 46.6 Å². The number of halogens is 1. The van der Waals surface area contributed by atoms with Gasteiger partial charge in [0.2, 0.25) is 0 Å². The van der Waals surface area contributed by atoms with Gasteiger partial charge in [-0.25, -0.2) is 9.97 Å². The molecule has 2 rings (SSSR count). The van der Waals surface area contributed by atoms with Crippen LogP contribution in [-0.2, 0) is 0 Å². The summed E-state index contributed by atoms with van der Waals surface area (Å²) in [6.45, 7) is 10.3. The van der Waals surface area contributed by atoms with Gasteiger partial charge in [0.25, 0.3) is 0 Å². The second-order valence-electron chi connectivity index (χ2n) is 5.29. The lowest BCUT2D eigenvalue weighted by atomic mass is 10.0. The van der Waals surface area contributed by atoms with Crippen LogP contribution in [0.4, 0.5) is 0 Å². The molecule has 5 heteroatoms. The van der Waals surface area contributed by atoms with Crippen LogP contribution in [0.3, 0.4) is 0 Å². The number of nitrogens with zero attached hydrogens (tertiary/aromatic N) is 4. The van der Waals surface area contributed by atoms with Crippen LogP contribution in [-0.4, -0.2) is 19.7 Å². The molecule has 4 nitrogen and oxygen atoms in total. The van der Waals surface area contributed by atoms with Gasteiger partial charge in [-0.1, -0.05) is 25.4 Å². The molecule has 19 heavy (non-hydrogen) atoms. The molecule has 0 aliphatic carbocycles. The molecule has 0 unspecified atom stereocenters. The highest BCUT2D eigenvalue weighted by Crippen LogP contribution is 2.27. The van der Waals surface area contributed by atoms with E-state index in [4.69, 9.17) is 11.6 Å². The minimum Gasteiger partial charge on any atom is -0.270 e. The molecular formula is C14H19ClN4. The Labute approximate surface area is 118 Å². The molecule has 0 spiro atoms. The maximum absolute atomic E-state index is 6.27. The average molecular weight is 279 g/mol. The standard InChI is InChI=1S/C14H19ClN4/c1-8(2)12-10(5)17-14(18-13(12)15)11-6-16-19(7-11)9(3)4/h6-9H,1-5H3. The van der Waals surface area contributed by atoms with E-state index in [2.05, 4.69) is 42.8 Å². The Kier molecular flexibility index (Phi) is 3.90. The molecule has 2 aromatic heterocycles. The highest BCUT2D eigenvalue weighted by molar-refractivity contribution is 6.30. The zero-order valence-corrected chi connectivity index (χ0v) is 12.7. The summed E-state index contributed by atoms with van der Waals surface area (Å²) in [4.78, 5) is 8.95. The summed E-state index contributed by atoms with van der Waals surface area (Å²) < 4.78 is 1.89. The van der Waals surface area contributed by atoms with E-state index < -0.39 is 0 Å². The Morgan fingerprint density at radius 3 is 2.32 bits per heavy atom. The number of hydrogen-bond donors (Lipinski definition) is 0. The summed E-state index contributed by atoms with van der Waals surface area (Å²) in [7, 11) is 0. The fourth-order valence-corrected chi connectivity index (χ4v) is 2.50. The lowest BCUT2D eigenvalue weighted by Gasteiger charge is -2.11. The lowest BCUT2D eigenvalue weighted by molar-refractivity contribution is 0.532. The first kappa shape index (κ1) is 14.0. The zero-order valence-electron chi connectivity index (χ0n) is 12.0. The van der Waals surface area contributed by atoms with Crippen molar-refractivity contribution in [2.24, 2.45) is 0 Å². The molecule has 0 bridgehead atoms. The summed E-state index contributed by atoms with van der Waals surface area (Å²) in [6.07, 6.45) is 3.73.